The van der Waals surface area contributed by atoms with Gasteiger partial charge in [0.25, 0.3) is 0 Å². The quantitative estimate of drug-likeness (QED) is 0.784. The fourth-order valence-electron chi connectivity index (χ4n) is 4.56. The largest absolute Gasteiger partial charge is 0.312 e. The predicted molar refractivity (Wildman–Crippen MR) is 88.1 cm³/mol. The summed E-state index contributed by atoms with van der Waals surface area (Å²) < 4.78 is 0. The predicted octanol–water partition coefficient (Wildman–Crippen LogP) is 4.20. The van der Waals surface area contributed by atoms with Crippen molar-refractivity contribution in [3.05, 3.63) is 0 Å². The van der Waals surface area contributed by atoms with Gasteiger partial charge in [0.1, 0.15) is 0 Å². The highest BCUT2D eigenvalue weighted by Gasteiger charge is 2.42. The van der Waals surface area contributed by atoms with Crippen LogP contribution in [-0.2, 0) is 0 Å². The molecule has 2 aliphatic rings. The van der Waals surface area contributed by atoms with E-state index in [-0.39, 0.29) is 0 Å². The van der Waals surface area contributed by atoms with Crippen LogP contribution in [0.15, 0.2) is 0 Å². The van der Waals surface area contributed by atoms with Gasteiger partial charge in [-0.1, -0.05) is 26.7 Å². The molecule has 20 heavy (non-hydrogen) atoms. The lowest BCUT2D eigenvalue weighted by Gasteiger charge is -2.47. The summed E-state index contributed by atoms with van der Waals surface area (Å²) in [7, 11) is 0. The second-order valence-electron chi connectivity index (χ2n) is 7.71. The van der Waals surface area contributed by atoms with Crippen LogP contribution in [-0.4, -0.2) is 35.6 Å². The van der Waals surface area contributed by atoms with Crippen molar-refractivity contribution in [1.82, 2.24) is 10.2 Å². The summed E-state index contributed by atoms with van der Waals surface area (Å²) in [6.07, 6.45) is 11.1. The third-order valence-corrected chi connectivity index (χ3v) is 5.64. The van der Waals surface area contributed by atoms with E-state index < -0.39 is 0 Å². The highest BCUT2D eigenvalue weighted by Crippen LogP contribution is 2.38. The molecule has 1 saturated carbocycles. The van der Waals surface area contributed by atoms with Gasteiger partial charge in [-0.2, -0.15) is 0 Å². The number of nitrogens with zero attached hydrogens (tertiary/aromatic N) is 1. The van der Waals surface area contributed by atoms with Crippen molar-refractivity contribution in [2.75, 3.05) is 13.1 Å². The van der Waals surface area contributed by atoms with E-state index in [9.17, 15) is 0 Å². The molecule has 2 fully saturated rings. The average molecular weight is 280 g/mol. The number of hydrogen-bond donors (Lipinski definition) is 1. The Morgan fingerprint density at radius 3 is 2.55 bits per heavy atom. The first-order chi connectivity index (χ1) is 9.58. The van der Waals surface area contributed by atoms with Crippen molar-refractivity contribution in [2.24, 2.45) is 5.92 Å². The number of likely N-dealkylation sites (tertiary alicyclic amines) is 1. The molecule has 3 atom stereocenters. The Labute approximate surface area is 126 Å². The van der Waals surface area contributed by atoms with Crippen molar-refractivity contribution in [3.63, 3.8) is 0 Å². The molecular weight excluding hydrogens is 244 g/mol. The van der Waals surface area contributed by atoms with Crippen molar-refractivity contribution < 1.29 is 0 Å². The first-order valence-electron chi connectivity index (χ1n) is 9.08. The Kier molecular flexibility index (Phi) is 5.92. The SMILES string of the molecule is CCCNC1CCC(CCC)CC1N1CCCC1(C)C. The van der Waals surface area contributed by atoms with Crippen LogP contribution in [0, 0.1) is 5.92 Å². The van der Waals surface area contributed by atoms with Crippen LogP contribution in [0.2, 0.25) is 0 Å². The molecular formula is C18H36N2. The lowest BCUT2D eigenvalue weighted by molar-refractivity contribution is 0.0473. The van der Waals surface area contributed by atoms with Crippen LogP contribution >= 0.6 is 0 Å². The molecule has 0 bridgehead atoms. The van der Waals surface area contributed by atoms with Crippen LogP contribution < -0.4 is 5.32 Å². The standard InChI is InChI=1S/C18H36N2/c1-5-8-15-9-10-16(19-12-6-2)17(14-15)20-13-7-11-18(20,3)4/h15-17,19H,5-14H2,1-4H3. The van der Waals surface area contributed by atoms with Gasteiger partial charge in [-0.25, -0.2) is 0 Å². The average Bonchev–Trinajstić information content (AvgIpc) is 2.77. The summed E-state index contributed by atoms with van der Waals surface area (Å²) in [6, 6.07) is 1.52. The van der Waals surface area contributed by atoms with Crippen LogP contribution in [0.4, 0.5) is 0 Å². The molecule has 2 nitrogen and oxygen atoms in total. The van der Waals surface area contributed by atoms with E-state index >= 15 is 0 Å². The molecule has 1 aliphatic carbocycles. The Hall–Kier alpha value is -0.0800. The maximum absolute atomic E-state index is 3.86. The van der Waals surface area contributed by atoms with Crippen LogP contribution in [0.25, 0.3) is 0 Å². The van der Waals surface area contributed by atoms with Crippen LogP contribution in [0.5, 0.6) is 0 Å². The van der Waals surface area contributed by atoms with Gasteiger partial charge in [-0.3, -0.25) is 4.90 Å². The third kappa shape index (κ3) is 3.76. The summed E-state index contributed by atoms with van der Waals surface area (Å²) in [5.41, 5.74) is 0.422. The van der Waals surface area contributed by atoms with Gasteiger partial charge < -0.3 is 5.32 Å². The lowest BCUT2D eigenvalue weighted by atomic mass is 9.78. The minimum absolute atomic E-state index is 0.422. The monoisotopic (exact) mass is 280 g/mol. The van der Waals surface area contributed by atoms with Gasteiger partial charge in [0.2, 0.25) is 0 Å². The second-order valence-corrected chi connectivity index (χ2v) is 7.71. The fraction of sp³-hybridized carbons (Fsp3) is 1.00. The van der Waals surface area contributed by atoms with Crippen LogP contribution in [0.1, 0.15) is 79.1 Å². The van der Waals surface area contributed by atoms with Crippen molar-refractivity contribution >= 4 is 0 Å². The molecule has 0 amide bonds. The maximum Gasteiger partial charge on any atom is 0.0257 e. The lowest BCUT2D eigenvalue weighted by Crippen LogP contribution is -2.57. The van der Waals surface area contributed by atoms with Crippen LogP contribution in [0.3, 0.4) is 0 Å². The molecule has 0 aromatic rings. The maximum atomic E-state index is 3.86. The minimum atomic E-state index is 0.422. The number of hydrogen-bond acceptors (Lipinski definition) is 2. The zero-order valence-electron chi connectivity index (χ0n) is 14.3. The third-order valence-electron chi connectivity index (χ3n) is 5.64. The summed E-state index contributed by atoms with van der Waals surface area (Å²) in [5, 5.41) is 3.86. The van der Waals surface area contributed by atoms with Crippen molar-refractivity contribution in [3.8, 4) is 0 Å². The molecule has 0 radical (unpaired) electrons. The van der Waals surface area contributed by atoms with E-state index in [0.717, 1.165) is 18.0 Å². The topological polar surface area (TPSA) is 15.3 Å². The molecule has 2 heteroatoms. The summed E-state index contributed by atoms with van der Waals surface area (Å²) in [6.45, 7) is 12.1. The van der Waals surface area contributed by atoms with Gasteiger partial charge in [0.05, 0.1) is 0 Å². The first kappa shape index (κ1) is 16.3. The summed E-state index contributed by atoms with van der Waals surface area (Å²) in [5.74, 6) is 0.973. The Balaban J connectivity index is 2.04. The van der Waals surface area contributed by atoms with Gasteiger partial charge in [0, 0.05) is 17.6 Å². The van der Waals surface area contributed by atoms with Gasteiger partial charge in [-0.15, -0.1) is 0 Å². The van der Waals surface area contributed by atoms with E-state index in [4.69, 9.17) is 0 Å². The highest BCUT2D eigenvalue weighted by molar-refractivity contribution is 4.99. The molecule has 1 heterocycles. The number of nitrogens with one attached hydrogen (secondary N) is 1. The van der Waals surface area contributed by atoms with E-state index in [1.165, 1.54) is 64.5 Å². The van der Waals surface area contributed by atoms with E-state index in [1.54, 1.807) is 0 Å². The Morgan fingerprint density at radius 1 is 1.15 bits per heavy atom. The smallest absolute Gasteiger partial charge is 0.0257 e. The normalized spacial score (nSPS) is 34.5. The molecule has 118 valence electrons. The Morgan fingerprint density at radius 2 is 1.95 bits per heavy atom. The zero-order valence-corrected chi connectivity index (χ0v) is 14.3. The molecule has 2 rings (SSSR count). The molecule has 1 aliphatic heterocycles. The molecule has 0 spiro atoms. The molecule has 0 aromatic heterocycles. The van der Waals surface area contributed by atoms with Gasteiger partial charge in [-0.05, 0) is 71.4 Å². The van der Waals surface area contributed by atoms with E-state index in [0.29, 0.717) is 5.54 Å². The Bertz CT molecular complexity index is 287. The highest BCUT2D eigenvalue weighted by atomic mass is 15.3. The second kappa shape index (κ2) is 7.26. The first-order valence-corrected chi connectivity index (χ1v) is 9.08. The molecule has 0 aromatic carbocycles. The summed E-state index contributed by atoms with van der Waals surface area (Å²) in [4.78, 5) is 2.85. The van der Waals surface area contributed by atoms with Crippen molar-refractivity contribution in [1.29, 1.82) is 0 Å². The van der Waals surface area contributed by atoms with Gasteiger partial charge >= 0.3 is 0 Å². The zero-order chi connectivity index (χ0) is 14.6. The minimum Gasteiger partial charge on any atom is -0.312 e. The van der Waals surface area contributed by atoms with Crippen molar-refractivity contribution in [2.45, 2.75) is 96.7 Å². The number of rotatable bonds is 6. The molecule has 3 unspecified atom stereocenters. The van der Waals surface area contributed by atoms with E-state index in [2.05, 4.69) is 37.9 Å². The van der Waals surface area contributed by atoms with Gasteiger partial charge in [0.15, 0.2) is 0 Å². The fourth-order valence-corrected chi connectivity index (χ4v) is 4.56. The van der Waals surface area contributed by atoms with E-state index in [1.807, 2.05) is 0 Å². The molecule has 1 saturated heterocycles. The summed E-state index contributed by atoms with van der Waals surface area (Å²) >= 11 is 0. The molecule has 1 N–H and O–H groups in total.